The van der Waals surface area contributed by atoms with Crippen LogP contribution in [0.2, 0.25) is 0 Å². The number of hydrogen-bond donors (Lipinski definition) is 1. The molecule has 0 heterocycles. The van der Waals surface area contributed by atoms with Crippen molar-refractivity contribution in [2.75, 3.05) is 12.5 Å². The number of methoxy groups -OCH3 is 1. The van der Waals surface area contributed by atoms with Crippen LogP contribution in [0.1, 0.15) is 0 Å². The van der Waals surface area contributed by atoms with E-state index < -0.39 is 0 Å². The minimum absolute atomic E-state index is 0.248. The molecule has 0 bridgehead atoms. The standard InChI is InChI=1S/C10H6BrIN4O/c1-17-10-8(12)2-6(11)3-9(10)16-15-7(4-13)5-14/h2-3,16H,1H3. The Morgan fingerprint density at radius 1 is 1.47 bits per heavy atom. The fraction of sp³-hybridized carbons (Fsp3) is 0.100. The number of nitrogens with one attached hydrogen (secondary N) is 1. The first-order valence-corrected chi connectivity index (χ1v) is 6.16. The number of anilines is 1. The van der Waals surface area contributed by atoms with Crippen molar-refractivity contribution in [1.29, 1.82) is 10.5 Å². The number of nitriles is 2. The summed E-state index contributed by atoms with van der Waals surface area (Å²) in [6.07, 6.45) is 0. The second kappa shape index (κ2) is 6.42. The van der Waals surface area contributed by atoms with Gasteiger partial charge in [0.15, 0.2) is 5.75 Å². The average Bonchev–Trinajstić information content (AvgIpc) is 2.29. The predicted octanol–water partition coefficient (Wildman–Crippen LogP) is 2.88. The van der Waals surface area contributed by atoms with E-state index >= 15 is 0 Å². The molecule has 1 aromatic carbocycles. The third-order valence-electron chi connectivity index (χ3n) is 1.71. The molecule has 1 rings (SSSR count). The van der Waals surface area contributed by atoms with E-state index in [-0.39, 0.29) is 5.71 Å². The highest BCUT2D eigenvalue weighted by atomic mass is 127. The van der Waals surface area contributed by atoms with Crippen LogP contribution in [0.15, 0.2) is 21.7 Å². The van der Waals surface area contributed by atoms with Crippen LogP contribution in [-0.2, 0) is 0 Å². The van der Waals surface area contributed by atoms with E-state index in [2.05, 4.69) is 49.0 Å². The zero-order chi connectivity index (χ0) is 12.8. The average molecular weight is 405 g/mol. The number of nitrogens with zero attached hydrogens (tertiary/aromatic N) is 3. The van der Waals surface area contributed by atoms with Crippen LogP contribution in [0, 0.1) is 26.2 Å². The third kappa shape index (κ3) is 3.58. The van der Waals surface area contributed by atoms with Crippen LogP contribution >= 0.6 is 38.5 Å². The maximum absolute atomic E-state index is 8.55. The van der Waals surface area contributed by atoms with E-state index in [1.54, 1.807) is 18.2 Å². The lowest BCUT2D eigenvalue weighted by atomic mass is 10.3. The van der Waals surface area contributed by atoms with Gasteiger partial charge in [0.1, 0.15) is 17.8 Å². The molecule has 0 spiro atoms. The van der Waals surface area contributed by atoms with Crippen molar-refractivity contribution < 1.29 is 4.74 Å². The molecule has 0 aliphatic heterocycles. The fourth-order valence-electron chi connectivity index (χ4n) is 1.04. The predicted molar refractivity (Wildman–Crippen MR) is 75.7 cm³/mol. The smallest absolute Gasteiger partial charge is 0.237 e. The molecule has 1 N–H and O–H groups in total. The number of hydrazone groups is 1. The fourth-order valence-corrected chi connectivity index (χ4v) is 2.77. The van der Waals surface area contributed by atoms with Gasteiger partial charge in [0, 0.05) is 4.47 Å². The number of hydrogen-bond acceptors (Lipinski definition) is 5. The van der Waals surface area contributed by atoms with Crippen LogP contribution < -0.4 is 10.2 Å². The molecule has 0 aliphatic rings. The van der Waals surface area contributed by atoms with E-state index in [1.807, 2.05) is 6.07 Å². The molecule has 0 aromatic heterocycles. The van der Waals surface area contributed by atoms with Crippen LogP contribution in [0.4, 0.5) is 5.69 Å². The summed E-state index contributed by atoms with van der Waals surface area (Å²) in [7, 11) is 1.54. The van der Waals surface area contributed by atoms with Crippen molar-refractivity contribution >= 4 is 49.9 Å². The van der Waals surface area contributed by atoms with Gasteiger partial charge in [-0.2, -0.15) is 15.6 Å². The Morgan fingerprint density at radius 3 is 2.65 bits per heavy atom. The van der Waals surface area contributed by atoms with Gasteiger partial charge in [0.25, 0.3) is 0 Å². The highest BCUT2D eigenvalue weighted by Crippen LogP contribution is 2.33. The molecular formula is C10H6BrIN4O. The highest BCUT2D eigenvalue weighted by molar-refractivity contribution is 14.1. The van der Waals surface area contributed by atoms with Crippen LogP contribution in [0.5, 0.6) is 5.75 Å². The Balaban J connectivity index is 3.12. The van der Waals surface area contributed by atoms with Crippen molar-refractivity contribution in [1.82, 2.24) is 0 Å². The minimum atomic E-state index is -0.248. The van der Waals surface area contributed by atoms with Gasteiger partial charge in [0.2, 0.25) is 5.71 Å². The Hall–Kier alpha value is -1.32. The summed E-state index contributed by atoms with van der Waals surface area (Å²) in [5.74, 6) is 0.604. The number of benzene rings is 1. The van der Waals surface area contributed by atoms with Crippen molar-refractivity contribution in [2.45, 2.75) is 0 Å². The van der Waals surface area contributed by atoms with Gasteiger partial charge in [-0.3, -0.25) is 5.43 Å². The molecule has 1 aromatic rings. The molecule has 0 fully saturated rings. The Morgan fingerprint density at radius 2 is 2.12 bits per heavy atom. The molecule has 0 aliphatic carbocycles. The van der Waals surface area contributed by atoms with Crippen molar-refractivity contribution in [3.05, 3.63) is 20.2 Å². The second-order valence-electron chi connectivity index (χ2n) is 2.76. The molecule has 0 saturated heterocycles. The molecule has 7 heteroatoms. The SMILES string of the molecule is COc1c(I)cc(Br)cc1NN=C(C#N)C#N. The summed E-state index contributed by atoms with van der Waals surface area (Å²) in [5.41, 5.74) is 2.96. The molecular weight excluding hydrogens is 399 g/mol. The summed E-state index contributed by atoms with van der Waals surface area (Å²) >= 11 is 5.45. The number of halogens is 2. The molecule has 86 valence electrons. The van der Waals surface area contributed by atoms with Crippen molar-refractivity contribution in [2.24, 2.45) is 5.10 Å². The topological polar surface area (TPSA) is 81.2 Å². The van der Waals surface area contributed by atoms with Gasteiger partial charge >= 0.3 is 0 Å². The minimum Gasteiger partial charge on any atom is -0.493 e. The molecule has 0 radical (unpaired) electrons. The van der Waals surface area contributed by atoms with E-state index in [0.717, 1.165) is 8.04 Å². The Kier molecular flexibility index (Phi) is 5.19. The lowest BCUT2D eigenvalue weighted by Gasteiger charge is -2.10. The summed E-state index contributed by atoms with van der Waals surface area (Å²) < 4.78 is 6.93. The van der Waals surface area contributed by atoms with Gasteiger partial charge in [-0.1, -0.05) is 15.9 Å². The molecule has 0 saturated carbocycles. The van der Waals surface area contributed by atoms with Gasteiger partial charge in [-0.05, 0) is 34.7 Å². The molecule has 17 heavy (non-hydrogen) atoms. The number of rotatable bonds is 3. The summed E-state index contributed by atoms with van der Waals surface area (Å²) in [4.78, 5) is 0. The first kappa shape index (κ1) is 13.7. The summed E-state index contributed by atoms with van der Waals surface area (Å²) in [6.45, 7) is 0. The van der Waals surface area contributed by atoms with E-state index in [0.29, 0.717) is 11.4 Å². The van der Waals surface area contributed by atoms with E-state index in [1.165, 1.54) is 7.11 Å². The molecule has 0 amide bonds. The third-order valence-corrected chi connectivity index (χ3v) is 2.97. The highest BCUT2D eigenvalue weighted by Gasteiger charge is 2.08. The lowest BCUT2D eigenvalue weighted by Crippen LogP contribution is -1.99. The Labute approximate surface area is 120 Å². The maximum atomic E-state index is 8.55. The largest absolute Gasteiger partial charge is 0.493 e. The van der Waals surface area contributed by atoms with Crippen LogP contribution in [-0.4, -0.2) is 12.8 Å². The van der Waals surface area contributed by atoms with Crippen LogP contribution in [0.25, 0.3) is 0 Å². The monoisotopic (exact) mass is 404 g/mol. The van der Waals surface area contributed by atoms with Gasteiger partial charge < -0.3 is 4.74 Å². The van der Waals surface area contributed by atoms with Gasteiger partial charge in [-0.25, -0.2) is 0 Å². The Bertz CT molecular complexity index is 528. The summed E-state index contributed by atoms with van der Waals surface area (Å²) in [5, 5.41) is 20.8. The van der Waals surface area contributed by atoms with E-state index in [4.69, 9.17) is 15.3 Å². The quantitative estimate of drug-likeness (QED) is 0.477. The zero-order valence-electron chi connectivity index (χ0n) is 8.66. The van der Waals surface area contributed by atoms with Crippen LogP contribution in [0.3, 0.4) is 0 Å². The maximum Gasteiger partial charge on any atom is 0.237 e. The first-order valence-electron chi connectivity index (χ1n) is 4.29. The zero-order valence-corrected chi connectivity index (χ0v) is 12.4. The second-order valence-corrected chi connectivity index (χ2v) is 4.84. The molecule has 0 unspecified atom stereocenters. The first-order chi connectivity index (χ1) is 8.12. The van der Waals surface area contributed by atoms with Gasteiger partial charge in [0.05, 0.1) is 10.7 Å². The molecule has 5 nitrogen and oxygen atoms in total. The molecule has 0 atom stereocenters. The summed E-state index contributed by atoms with van der Waals surface area (Å²) in [6, 6.07) is 6.95. The lowest BCUT2D eigenvalue weighted by molar-refractivity contribution is 0.413. The normalized spacial score (nSPS) is 8.76. The van der Waals surface area contributed by atoms with E-state index in [9.17, 15) is 0 Å². The van der Waals surface area contributed by atoms with Gasteiger partial charge in [-0.15, -0.1) is 0 Å². The number of ether oxygens (including phenoxy) is 1. The van der Waals surface area contributed by atoms with Crippen molar-refractivity contribution in [3.63, 3.8) is 0 Å². The van der Waals surface area contributed by atoms with Crippen molar-refractivity contribution in [3.8, 4) is 17.9 Å².